The highest BCUT2D eigenvalue weighted by Gasteiger charge is 2.42. The smallest absolute Gasteiger partial charge is 0.303 e. The Labute approximate surface area is 137 Å². The molecule has 1 aliphatic carbocycles. The molecule has 0 aliphatic heterocycles. The number of hydrogen-bond donors (Lipinski definition) is 3. The van der Waals surface area contributed by atoms with Crippen molar-refractivity contribution in [1.82, 2.24) is 0 Å². The van der Waals surface area contributed by atoms with Gasteiger partial charge in [0.05, 0.1) is 13.0 Å². The van der Waals surface area contributed by atoms with E-state index >= 15 is 0 Å². The molecular formula is C19H26O4. The van der Waals surface area contributed by atoms with E-state index in [4.69, 9.17) is 0 Å². The van der Waals surface area contributed by atoms with E-state index in [1.165, 1.54) is 0 Å². The molecule has 1 aromatic rings. The molecule has 0 bridgehead atoms. The Morgan fingerprint density at radius 3 is 2.43 bits per heavy atom. The molecule has 1 aliphatic rings. The number of rotatable bonds is 6. The molecule has 2 rings (SSSR count). The van der Waals surface area contributed by atoms with Crippen molar-refractivity contribution in [1.29, 1.82) is 0 Å². The number of carbonyl (C=O) groups is 1. The van der Waals surface area contributed by atoms with Gasteiger partial charge in [0, 0.05) is 12.0 Å². The number of aliphatic hydroxyl groups excluding tert-OH is 2. The van der Waals surface area contributed by atoms with Gasteiger partial charge in [0.1, 0.15) is 0 Å². The highest BCUT2D eigenvalue weighted by Crippen LogP contribution is 2.50. The van der Waals surface area contributed by atoms with Crippen LogP contribution in [0.15, 0.2) is 36.4 Å². The minimum absolute atomic E-state index is 0.00235. The monoisotopic (exact) mass is 318 g/mol. The van der Waals surface area contributed by atoms with Crippen LogP contribution >= 0.6 is 0 Å². The van der Waals surface area contributed by atoms with Gasteiger partial charge in [0.2, 0.25) is 0 Å². The Kier molecular flexibility index (Phi) is 5.60. The number of aliphatic carboxylic acids is 1. The highest BCUT2D eigenvalue weighted by molar-refractivity contribution is 5.67. The van der Waals surface area contributed by atoms with E-state index in [1.807, 2.05) is 31.2 Å². The van der Waals surface area contributed by atoms with Crippen LogP contribution in [0.5, 0.6) is 0 Å². The Balaban J connectivity index is 2.32. The van der Waals surface area contributed by atoms with Crippen LogP contribution in [0.3, 0.4) is 0 Å². The van der Waals surface area contributed by atoms with Crippen LogP contribution in [-0.2, 0) is 11.4 Å². The second-order valence-electron chi connectivity index (χ2n) is 6.93. The summed E-state index contributed by atoms with van der Waals surface area (Å²) in [4.78, 5) is 11.2. The lowest BCUT2D eigenvalue weighted by molar-refractivity contribution is -0.141. The topological polar surface area (TPSA) is 77.8 Å². The largest absolute Gasteiger partial charge is 0.481 e. The molecule has 1 fully saturated rings. The Morgan fingerprint density at radius 1 is 1.30 bits per heavy atom. The zero-order valence-corrected chi connectivity index (χ0v) is 13.7. The van der Waals surface area contributed by atoms with Crippen molar-refractivity contribution >= 4 is 5.97 Å². The van der Waals surface area contributed by atoms with Crippen LogP contribution in [0, 0.1) is 11.3 Å². The molecular weight excluding hydrogens is 292 g/mol. The number of benzene rings is 1. The number of hydrogen-bond acceptors (Lipinski definition) is 3. The molecule has 3 atom stereocenters. The summed E-state index contributed by atoms with van der Waals surface area (Å²) in [7, 11) is 0. The summed E-state index contributed by atoms with van der Waals surface area (Å²) in [6.07, 6.45) is 2.19. The van der Waals surface area contributed by atoms with Crippen LogP contribution in [-0.4, -0.2) is 27.9 Å². The van der Waals surface area contributed by atoms with Crippen molar-refractivity contribution in [2.45, 2.75) is 45.1 Å². The first kappa shape index (κ1) is 17.7. The molecule has 0 saturated heterocycles. The van der Waals surface area contributed by atoms with E-state index in [0.29, 0.717) is 18.8 Å². The Morgan fingerprint density at radius 2 is 1.96 bits per heavy atom. The van der Waals surface area contributed by atoms with Crippen LogP contribution in [0.2, 0.25) is 0 Å². The van der Waals surface area contributed by atoms with E-state index in [9.17, 15) is 20.1 Å². The summed E-state index contributed by atoms with van der Waals surface area (Å²) in [6, 6.07) is 7.80. The van der Waals surface area contributed by atoms with Crippen LogP contribution in [0.4, 0.5) is 0 Å². The second-order valence-corrected chi connectivity index (χ2v) is 6.93. The van der Waals surface area contributed by atoms with Crippen molar-refractivity contribution in [2.75, 3.05) is 6.61 Å². The molecule has 0 heterocycles. The average molecular weight is 318 g/mol. The third kappa shape index (κ3) is 4.01. The molecule has 4 nitrogen and oxygen atoms in total. The molecule has 0 amide bonds. The molecule has 0 unspecified atom stereocenters. The van der Waals surface area contributed by atoms with Gasteiger partial charge in [-0.3, -0.25) is 4.79 Å². The summed E-state index contributed by atoms with van der Waals surface area (Å²) in [6.45, 7) is 6.03. The maximum absolute atomic E-state index is 11.2. The average Bonchev–Trinajstić information content (AvgIpc) is 2.54. The van der Waals surface area contributed by atoms with E-state index in [2.05, 4.69) is 6.58 Å². The van der Waals surface area contributed by atoms with Gasteiger partial charge >= 0.3 is 5.97 Å². The minimum Gasteiger partial charge on any atom is -0.481 e. The van der Waals surface area contributed by atoms with Gasteiger partial charge < -0.3 is 15.3 Å². The van der Waals surface area contributed by atoms with E-state index < -0.39 is 11.4 Å². The molecule has 23 heavy (non-hydrogen) atoms. The predicted octanol–water partition coefficient (Wildman–Crippen LogP) is 3.09. The first-order chi connectivity index (χ1) is 10.9. The van der Waals surface area contributed by atoms with Crippen LogP contribution < -0.4 is 0 Å². The first-order valence-corrected chi connectivity index (χ1v) is 8.08. The zero-order valence-electron chi connectivity index (χ0n) is 13.7. The quantitative estimate of drug-likeness (QED) is 0.704. The standard InChI is InChI=1S/C19H26O4/c1-13(2)16-7-8-19(12-21,10-18(22)23)9-17(16)15-5-3-14(11-20)4-6-15/h3-6,16-17,20-21H,1,7-12H2,2H3,(H,22,23)/t16-,17-,19-/m0/s1. The Bertz CT molecular complexity index is 563. The van der Waals surface area contributed by atoms with Gasteiger partial charge in [0.15, 0.2) is 0 Å². The van der Waals surface area contributed by atoms with Gasteiger partial charge in [-0.25, -0.2) is 0 Å². The zero-order chi connectivity index (χ0) is 17.0. The number of aliphatic hydroxyl groups is 2. The first-order valence-electron chi connectivity index (χ1n) is 8.08. The minimum atomic E-state index is -0.859. The summed E-state index contributed by atoms with van der Waals surface area (Å²) in [5.74, 6) is -0.411. The summed E-state index contributed by atoms with van der Waals surface area (Å²) < 4.78 is 0. The van der Waals surface area contributed by atoms with Crippen molar-refractivity contribution in [3.05, 3.63) is 47.5 Å². The maximum atomic E-state index is 11.2. The van der Waals surface area contributed by atoms with Crippen molar-refractivity contribution < 1.29 is 20.1 Å². The fraction of sp³-hybridized carbons (Fsp3) is 0.526. The molecule has 126 valence electrons. The third-order valence-electron chi connectivity index (χ3n) is 5.21. The molecule has 0 radical (unpaired) electrons. The molecule has 4 heteroatoms. The fourth-order valence-corrected chi connectivity index (χ4v) is 3.86. The summed E-state index contributed by atoms with van der Waals surface area (Å²) >= 11 is 0. The van der Waals surface area contributed by atoms with Crippen LogP contribution in [0.25, 0.3) is 0 Å². The molecule has 1 aromatic carbocycles. The molecule has 3 N–H and O–H groups in total. The SMILES string of the molecule is C=C(C)[C@@H]1CC[C@@](CO)(CC(=O)O)C[C@H]1c1ccc(CO)cc1. The van der Waals surface area contributed by atoms with E-state index in [1.54, 1.807) is 0 Å². The molecule has 0 aromatic heterocycles. The predicted molar refractivity (Wildman–Crippen MR) is 89.0 cm³/mol. The van der Waals surface area contributed by atoms with Gasteiger partial charge in [-0.15, -0.1) is 0 Å². The van der Waals surface area contributed by atoms with Crippen molar-refractivity contribution in [3.8, 4) is 0 Å². The third-order valence-corrected chi connectivity index (χ3v) is 5.21. The van der Waals surface area contributed by atoms with Gasteiger partial charge in [-0.1, -0.05) is 36.4 Å². The van der Waals surface area contributed by atoms with Crippen LogP contribution in [0.1, 0.15) is 49.7 Å². The van der Waals surface area contributed by atoms with Gasteiger partial charge in [-0.2, -0.15) is 0 Å². The number of carboxylic acids is 1. The van der Waals surface area contributed by atoms with Crippen molar-refractivity contribution in [2.24, 2.45) is 11.3 Å². The van der Waals surface area contributed by atoms with Crippen molar-refractivity contribution in [3.63, 3.8) is 0 Å². The fourth-order valence-electron chi connectivity index (χ4n) is 3.86. The number of carboxylic acid groups (broad SMARTS) is 1. The second kappa shape index (κ2) is 7.28. The molecule has 1 saturated carbocycles. The normalized spacial score (nSPS) is 27.6. The van der Waals surface area contributed by atoms with Gasteiger partial charge in [0.25, 0.3) is 0 Å². The Hall–Kier alpha value is -1.65. The summed E-state index contributed by atoms with van der Waals surface area (Å²) in [5.41, 5.74) is 2.52. The molecule has 0 spiro atoms. The summed E-state index contributed by atoms with van der Waals surface area (Å²) in [5, 5.41) is 28.2. The van der Waals surface area contributed by atoms with E-state index in [-0.39, 0.29) is 25.6 Å². The lowest BCUT2D eigenvalue weighted by Crippen LogP contribution is -2.37. The number of allylic oxidation sites excluding steroid dienone is 1. The maximum Gasteiger partial charge on any atom is 0.303 e. The van der Waals surface area contributed by atoms with Gasteiger partial charge in [-0.05, 0) is 49.1 Å². The van der Waals surface area contributed by atoms with E-state index in [0.717, 1.165) is 23.1 Å². The highest BCUT2D eigenvalue weighted by atomic mass is 16.4. The lowest BCUT2D eigenvalue weighted by Gasteiger charge is -2.44. The lowest BCUT2D eigenvalue weighted by atomic mass is 9.61.